The van der Waals surface area contributed by atoms with Gasteiger partial charge in [-0.3, -0.25) is 4.90 Å². The van der Waals surface area contributed by atoms with E-state index in [1.54, 1.807) is 7.11 Å². The molecule has 1 saturated heterocycles. The van der Waals surface area contributed by atoms with Crippen LogP contribution >= 0.6 is 0 Å². The number of hydrogen-bond donors (Lipinski definition) is 0. The maximum atomic E-state index is 9.54. The molecule has 0 N–H and O–H groups in total. The van der Waals surface area contributed by atoms with Gasteiger partial charge in [-0.05, 0) is 50.0 Å². The number of benzene rings is 1. The molecule has 1 aromatic carbocycles. The fourth-order valence-corrected chi connectivity index (χ4v) is 2.73. The molecule has 0 saturated carbocycles. The summed E-state index contributed by atoms with van der Waals surface area (Å²) in [6.45, 7) is 4.73. The van der Waals surface area contributed by atoms with Gasteiger partial charge in [-0.25, -0.2) is 0 Å². The van der Waals surface area contributed by atoms with Crippen molar-refractivity contribution in [2.24, 2.45) is 0 Å². The van der Waals surface area contributed by atoms with Gasteiger partial charge < -0.3 is 9.47 Å². The molecule has 21 heavy (non-hydrogen) atoms. The number of likely N-dealkylation sites (tertiary alicyclic amines) is 1. The molecule has 4 nitrogen and oxygen atoms in total. The van der Waals surface area contributed by atoms with Crippen molar-refractivity contribution in [1.29, 1.82) is 5.26 Å². The van der Waals surface area contributed by atoms with Crippen molar-refractivity contribution in [3.8, 4) is 17.6 Å². The van der Waals surface area contributed by atoms with Crippen LogP contribution in [0.2, 0.25) is 0 Å². The maximum absolute atomic E-state index is 9.54. The Hall–Kier alpha value is -1.73. The number of rotatable bonds is 6. The quantitative estimate of drug-likeness (QED) is 0.803. The SMILES string of the molecule is CCCOc1ccc(C(C#N)N2CCCCC2)cc1OC. The molecule has 0 amide bonds. The van der Waals surface area contributed by atoms with E-state index in [2.05, 4.69) is 17.9 Å². The van der Waals surface area contributed by atoms with E-state index in [0.29, 0.717) is 12.4 Å². The molecule has 0 radical (unpaired) electrons. The molecule has 1 unspecified atom stereocenters. The minimum absolute atomic E-state index is 0.195. The Labute approximate surface area is 127 Å². The highest BCUT2D eigenvalue weighted by atomic mass is 16.5. The van der Waals surface area contributed by atoms with Gasteiger partial charge in [0.2, 0.25) is 0 Å². The molecular formula is C17H24N2O2. The first-order chi connectivity index (χ1) is 10.3. The molecule has 1 aliphatic heterocycles. The van der Waals surface area contributed by atoms with Crippen molar-refractivity contribution < 1.29 is 9.47 Å². The lowest BCUT2D eigenvalue weighted by Crippen LogP contribution is -2.33. The summed E-state index contributed by atoms with van der Waals surface area (Å²) < 4.78 is 11.1. The smallest absolute Gasteiger partial charge is 0.161 e. The van der Waals surface area contributed by atoms with Crippen molar-refractivity contribution in [2.75, 3.05) is 26.8 Å². The zero-order valence-corrected chi connectivity index (χ0v) is 13.0. The second-order valence-electron chi connectivity index (χ2n) is 5.39. The van der Waals surface area contributed by atoms with E-state index in [-0.39, 0.29) is 6.04 Å². The minimum Gasteiger partial charge on any atom is -0.493 e. The average molecular weight is 288 g/mol. The second-order valence-corrected chi connectivity index (χ2v) is 5.39. The third-order valence-corrected chi connectivity index (χ3v) is 3.84. The third kappa shape index (κ3) is 3.89. The first-order valence-electron chi connectivity index (χ1n) is 7.74. The van der Waals surface area contributed by atoms with Crippen LogP contribution < -0.4 is 9.47 Å². The molecule has 1 aliphatic rings. The molecular weight excluding hydrogens is 264 g/mol. The molecule has 0 aromatic heterocycles. The first-order valence-corrected chi connectivity index (χ1v) is 7.74. The van der Waals surface area contributed by atoms with E-state index in [1.165, 1.54) is 19.3 Å². The summed E-state index contributed by atoms with van der Waals surface area (Å²) in [4.78, 5) is 2.25. The van der Waals surface area contributed by atoms with Crippen molar-refractivity contribution in [2.45, 2.75) is 38.6 Å². The van der Waals surface area contributed by atoms with Crippen LogP contribution in [0, 0.1) is 11.3 Å². The van der Waals surface area contributed by atoms with Gasteiger partial charge in [0.1, 0.15) is 6.04 Å². The van der Waals surface area contributed by atoms with Crippen LogP contribution in [0.3, 0.4) is 0 Å². The Balaban J connectivity index is 2.19. The van der Waals surface area contributed by atoms with Gasteiger partial charge in [-0.15, -0.1) is 0 Å². The van der Waals surface area contributed by atoms with Crippen molar-refractivity contribution >= 4 is 0 Å². The van der Waals surface area contributed by atoms with Crippen molar-refractivity contribution in [3.05, 3.63) is 23.8 Å². The van der Waals surface area contributed by atoms with E-state index >= 15 is 0 Å². The number of nitrogens with zero attached hydrogens (tertiary/aromatic N) is 2. The summed E-state index contributed by atoms with van der Waals surface area (Å²) in [5.74, 6) is 1.46. The number of piperidine rings is 1. The number of nitriles is 1. The maximum Gasteiger partial charge on any atom is 0.161 e. The lowest BCUT2D eigenvalue weighted by molar-refractivity contribution is 0.195. The highest BCUT2D eigenvalue weighted by Crippen LogP contribution is 2.33. The third-order valence-electron chi connectivity index (χ3n) is 3.84. The standard InChI is InChI=1S/C17H24N2O2/c1-3-11-21-16-8-7-14(12-17(16)20-2)15(13-18)19-9-5-4-6-10-19/h7-8,12,15H,3-6,9-11H2,1-2H3. The van der Waals surface area contributed by atoms with E-state index in [0.717, 1.165) is 30.8 Å². The molecule has 2 rings (SSSR count). The topological polar surface area (TPSA) is 45.5 Å². The number of ether oxygens (including phenoxy) is 2. The Kier molecular flexibility index (Phi) is 5.89. The summed E-state index contributed by atoms with van der Waals surface area (Å²) in [6.07, 6.45) is 4.57. The molecule has 1 fully saturated rings. The van der Waals surface area contributed by atoms with Crippen LogP contribution in [-0.4, -0.2) is 31.7 Å². The summed E-state index contributed by atoms with van der Waals surface area (Å²) in [5, 5.41) is 9.54. The second kappa shape index (κ2) is 7.90. The summed E-state index contributed by atoms with van der Waals surface area (Å²) in [6, 6.07) is 8.07. The van der Waals surface area contributed by atoms with Crippen LogP contribution in [0.4, 0.5) is 0 Å². The van der Waals surface area contributed by atoms with Gasteiger partial charge in [0, 0.05) is 0 Å². The highest BCUT2D eigenvalue weighted by Gasteiger charge is 2.23. The predicted octanol–water partition coefficient (Wildman–Crippen LogP) is 3.53. The predicted molar refractivity (Wildman–Crippen MR) is 82.6 cm³/mol. The zero-order valence-electron chi connectivity index (χ0n) is 13.0. The number of hydrogen-bond acceptors (Lipinski definition) is 4. The van der Waals surface area contributed by atoms with E-state index < -0.39 is 0 Å². The Morgan fingerprint density at radius 3 is 2.62 bits per heavy atom. The molecule has 0 spiro atoms. The fourth-order valence-electron chi connectivity index (χ4n) is 2.73. The lowest BCUT2D eigenvalue weighted by atomic mass is 10.0. The van der Waals surface area contributed by atoms with Crippen LogP contribution in [0.15, 0.2) is 18.2 Å². The average Bonchev–Trinajstić information content (AvgIpc) is 2.55. The van der Waals surface area contributed by atoms with Crippen LogP contribution in [-0.2, 0) is 0 Å². The van der Waals surface area contributed by atoms with Crippen LogP contribution in [0.1, 0.15) is 44.2 Å². The Morgan fingerprint density at radius 1 is 1.24 bits per heavy atom. The first kappa shape index (κ1) is 15.7. The monoisotopic (exact) mass is 288 g/mol. The summed E-state index contributed by atoms with van der Waals surface area (Å²) in [5.41, 5.74) is 0.986. The molecule has 0 bridgehead atoms. The highest BCUT2D eigenvalue weighted by molar-refractivity contribution is 5.45. The van der Waals surface area contributed by atoms with Crippen molar-refractivity contribution in [3.63, 3.8) is 0 Å². The van der Waals surface area contributed by atoms with Crippen LogP contribution in [0.25, 0.3) is 0 Å². The van der Waals surface area contributed by atoms with E-state index in [9.17, 15) is 5.26 Å². The minimum atomic E-state index is -0.195. The van der Waals surface area contributed by atoms with Gasteiger partial charge in [0.25, 0.3) is 0 Å². The van der Waals surface area contributed by atoms with Crippen LogP contribution in [0.5, 0.6) is 11.5 Å². The fraction of sp³-hybridized carbons (Fsp3) is 0.588. The van der Waals surface area contributed by atoms with Gasteiger partial charge in [-0.1, -0.05) is 19.4 Å². The van der Waals surface area contributed by atoms with E-state index in [1.807, 2.05) is 18.2 Å². The lowest BCUT2D eigenvalue weighted by Gasteiger charge is -2.30. The van der Waals surface area contributed by atoms with Gasteiger partial charge >= 0.3 is 0 Å². The molecule has 0 aliphatic carbocycles. The molecule has 114 valence electrons. The van der Waals surface area contributed by atoms with Crippen molar-refractivity contribution in [1.82, 2.24) is 4.90 Å². The zero-order chi connectivity index (χ0) is 15.1. The number of methoxy groups -OCH3 is 1. The normalized spacial score (nSPS) is 17.0. The molecule has 1 aromatic rings. The summed E-state index contributed by atoms with van der Waals surface area (Å²) >= 11 is 0. The van der Waals surface area contributed by atoms with Gasteiger partial charge in [0.15, 0.2) is 11.5 Å². The molecule has 4 heteroatoms. The van der Waals surface area contributed by atoms with E-state index in [4.69, 9.17) is 9.47 Å². The largest absolute Gasteiger partial charge is 0.493 e. The molecule has 1 atom stereocenters. The Morgan fingerprint density at radius 2 is 2.00 bits per heavy atom. The van der Waals surface area contributed by atoms with Gasteiger partial charge in [-0.2, -0.15) is 5.26 Å². The molecule has 1 heterocycles. The Bertz CT molecular complexity index is 490. The summed E-state index contributed by atoms with van der Waals surface area (Å²) in [7, 11) is 1.64. The van der Waals surface area contributed by atoms with Gasteiger partial charge in [0.05, 0.1) is 19.8 Å².